The first-order valence-corrected chi connectivity index (χ1v) is 16.7. The van der Waals surface area contributed by atoms with Crippen LogP contribution in [0.25, 0.3) is 11.1 Å². The van der Waals surface area contributed by atoms with Crippen molar-refractivity contribution in [3.63, 3.8) is 0 Å². The van der Waals surface area contributed by atoms with Crippen LogP contribution in [0.3, 0.4) is 0 Å². The number of hydrogen-bond acceptors (Lipinski definition) is 5. The van der Waals surface area contributed by atoms with E-state index in [1.54, 1.807) is 60.4 Å². The number of benzene rings is 4. The number of aryl methyl sites for hydroxylation is 1. The van der Waals surface area contributed by atoms with Gasteiger partial charge in [-0.1, -0.05) is 30.3 Å². The van der Waals surface area contributed by atoms with Crippen LogP contribution in [0.2, 0.25) is 0 Å². The van der Waals surface area contributed by atoms with Gasteiger partial charge in [0.25, 0.3) is 21.8 Å². The molecule has 1 atom stereocenters. The Balaban J connectivity index is 1.25. The Labute approximate surface area is 276 Å². The molecule has 4 aromatic rings. The number of carbonyl (C=O) groups excluding carboxylic acids is 2. The summed E-state index contributed by atoms with van der Waals surface area (Å²) in [7, 11) is -4.48. The summed E-state index contributed by atoms with van der Waals surface area (Å²) in [5, 5.41) is 0. The summed E-state index contributed by atoms with van der Waals surface area (Å²) in [6.45, 7) is 5.46. The van der Waals surface area contributed by atoms with E-state index in [-0.39, 0.29) is 17.6 Å². The predicted molar refractivity (Wildman–Crippen MR) is 172 cm³/mol. The zero-order chi connectivity index (χ0) is 34.9. The number of amides is 2. The highest BCUT2D eigenvalue weighted by Gasteiger charge is 2.35. The fraction of sp³-hybridized carbons (Fsp3) is 0.278. The second kappa shape index (κ2) is 13.4. The summed E-state index contributed by atoms with van der Waals surface area (Å²) in [6.07, 6.45) is -3.08. The number of nitrogens with zero attached hydrogens (tertiary/aromatic N) is 1. The van der Waals surface area contributed by atoms with E-state index in [0.717, 1.165) is 41.7 Å². The molecule has 1 heterocycles. The summed E-state index contributed by atoms with van der Waals surface area (Å²) in [6, 6.07) is 21.9. The Hall–Kier alpha value is -4.71. The Bertz CT molecular complexity index is 1940. The van der Waals surface area contributed by atoms with Gasteiger partial charge in [0.05, 0.1) is 10.5 Å². The molecule has 1 saturated heterocycles. The van der Waals surface area contributed by atoms with Crippen LogP contribution >= 0.6 is 0 Å². The molecule has 5 rings (SSSR count). The number of ether oxygens (including phenoxy) is 1. The van der Waals surface area contributed by atoms with Crippen molar-refractivity contribution >= 4 is 21.8 Å². The number of likely N-dealkylation sites (tertiary alicyclic amines) is 1. The van der Waals surface area contributed by atoms with Crippen LogP contribution in [0, 0.1) is 12.7 Å². The number of nitrogens with one attached hydrogen (secondary N) is 1. The minimum absolute atomic E-state index is 0.0360. The van der Waals surface area contributed by atoms with Gasteiger partial charge in [0.15, 0.2) is 5.60 Å². The average Bonchev–Trinajstić information content (AvgIpc) is 3.05. The third kappa shape index (κ3) is 7.87. The van der Waals surface area contributed by atoms with Crippen molar-refractivity contribution in [1.29, 1.82) is 0 Å². The molecule has 1 aliphatic rings. The van der Waals surface area contributed by atoms with E-state index < -0.39 is 38.2 Å². The van der Waals surface area contributed by atoms with Crippen molar-refractivity contribution in [1.82, 2.24) is 9.62 Å². The van der Waals surface area contributed by atoms with Gasteiger partial charge < -0.3 is 9.64 Å². The Morgan fingerprint density at radius 3 is 2.27 bits per heavy atom. The molecule has 0 radical (unpaired) electrons. The minimum Gasteiger partial charge on any atom is -0.478 e. The smallest absolute Gasteiger partial charge is 0.416 e. The Kier molecular flexibility index (Phi) is 9.68. The monoisotopic (exact) mass is 682 g/mol. The average molecular weight is 683 g/mol. The van der Waals surface area contributed by atoms with Crippen LogP contribution in [0.5, 0.6) is 5.75 Å². The van der Waals surface area contributed by atoms with Crippen molar-refractivity contribution in [2.75, 3.05) is 13.1 Å². The molecule has 0 bridgehead atoms. The molecule has 0 spiro atoms. The Morgan fingerprint density at radius 2 is 1.58 bits per heavy atom. The number of rotatable bonds is 8. The number of alkyl halides is 3. The maximum absolute atomic E-state index is 13.8. The van der Waals surface area contributed by atoms with Gasteiger partial charge in [0.1, 0.15) is 11.6 Å². The van der Waals surface area contributed by atoms with Gasteiger partial charge in [-0.2, -0.15) is 13.2 Å². The van der Waals surface area contributed by atoms with Gasteiger partial charge in [0, 0.05) is 24.6 Å². The van der Waals surface area contributed by atoms with E-state index in [0.29, 0.717) is 42.1 Å². The summed E-state index contributed by atoms with van der Waals surface area (Å²) in [4.78, 5) is 27.9. The largest absolute Gasteiger partial charge is 0.478 e. The van der Waals surface area contributed by atoms with E-state index in [1.807, 2.05) is 16.9 Å². The van der Waals surface area contributed by atoms with E-state index in [9.17, 15) is 35.6 Å². The van der Waals surface area contributed by atoms with Crippen molar-refractivity contribution in [2.45, 2.75) is 56.2 Å². The van der Waals surface area contributed by atoms with E-state index >= 15 is 0 Å². The molecule has 1 unspecified atom stereocenters. The number of hydrogen-bond donors (Lipinski definition) is 1. The van der Waals surface area contributed by atoms with E-state index in [2.05, 4.69) is 0 Å². The van der Waals surface area contributed by atoms with Gasteiger partial charge in [-0.25, -0.2) is 17.5 Å². The second-order valence-electron chi connectivity index (χ2n) is 12.3. The first kappa shape index (κ1) is 34.6. The first-order valence-electron chi connectivity index (χ1n) is 15.2. The van der Waals surface area contributed by atoms with Crippen LogP contribution in [0.15, 0.2) is 95.9 Å². The Morgan fingerprint density at radius 1 is 0.896 bits per heavy atom. The molecule has 0 saturated carbocycles. The van der Waals surface area contributed by atoms with Gasteiger partial charge in [0.2, 0.25) is 0 Å². The van der Waals surface area contributed by atoms with Crippen molar-refractivity contribution in [3.05, 3.63) is 119 Å². The third-order valence-electron chi connectivity index (χ3n) is 8.28. The molecule has 1 N–H and O–H groups in total. The zero-order valence-electron chi connectivity index (χ0n) is 26.5. The summed E-state index contributed by atoms with van der Waals surface area (Å²) >= 11 is 0. The SMILES string of the molecule is Cc1cc(-c2cccc(C(=O)N3CCCC(c4cccc(OC(C)(C)C(=O)NS(=O)(=O)c5ccc(C(F)(F)F)cc5)c4)C3)c2)ccc1F. The van der Waals surface area contributed by atoms with Crippen LogP contribution in [0.4, 0.5) is 17.6 Å². The third-order valence-corrected chi connectivity index (χ3v) is 9.62. The molecular weight excluding hydrogens is 648 g/mol. The molecule has 7 nitrogen and oxygen atoms in total. The lowest BCUT2D eigenvalue weighted by molar-refractivity contribution is -0.137. The quantitative estimate of drug-likeness (QED) is 0.194. The van der Waals surface area contributed by atoms with Crippen LogP contribution in [0.1, 0.15) is 59.7 Å². The molecule has 0 aliphatic carbocycles. The summed E-state index contributed by atoms with van der Waals surface area (Å²) < 4.78 is 85.8. The van der Waals surface area contributed by atoms with Gasteiger partial charge in [-0.05, 0) is 117 Å². The number of sulfonamides is 1. The molecule has 48 heavy (non-hydrogen) atoms. The molecular formula is C36H34F4N2O5S. The fourth-order valence-electron chi connectivity index (χ4n) is 5.57. The maximum Gasteiger partial charge on any atom is 0.416 e. The number of piperidine rings is 1. The molecule has 0 aromatic heterocycles. The lowest BCUT2D eigenvalue weighted by atomic mass is 9.90. The van der Waals surface area contributed by atoms with Crippen molar-refractivity contribution in [3.8, 4) is 16.9 Å². The first-order chi connectivity index (χ1) is 22.5. The van der Waals surface area contributed by atoms with E-state index in [1.165, 1.54) is 19.9 Å². The van der Waals surface area contributed by atoms with Crippen molar-refractivity contribution < 1.29 is 40.3 Å². The second-order valence-corrected chi connectivity index (χ2v) is 14.0. The zero-order valence-corrected chi connectivity index (χ0v) is 27.3. The van der Waals surface area contributed by atoms with Gasteiger partial charge in [-0.3, -0.25) is 9.59 Å². The maximum atomic E-state index is 13.8. The van der Waals surface area contributed by atoms with Crippen molar-refractivity contribution in [2.24, 2.45) is 0 Å². The van der Waals surface area contributed by atoms with Crippen LogP contribution in [-0.2, 0) is 21.0 Å². The lowest BCUT2D eigenvalue weighted by Crippen LogP contribution is -2.48. The topological polar surface area (TPSA) is 92.8 Å². The van der Waals surface area contributed by atoms with Crippen LogP contribution < -0.4 is 9.46 Å². The standard InChI is InChI=1S/C36H34F4N2O5S/c1-23-19-26(12-17-32(23)37)24-7-4-9-27(20-24)33(43)42-18-6-10-28(22-42)25-8-5-11-30(21-25)47-35(2,3)34(44)41-48(45,46)31-15-13-29(14-16-31)36(38,39)40/h4-5,7-9,11-17,19-21,28H,6,10,18,22H2,1-3H3,(H,41,44). The molecule has 1 fully saturated rings. The fourth-order valence-corrected chi connectivity index (χ4v) is 6.67. The highest BCUT2D eigenvalue weighted by molar-refractivity contribution is 7.90. The molecule has 4 aromatic carbocycles. The van der Waals surface area contributed by atoms with Gasteiger partial charge in [-0.15, -0.1) is 0 Å². The highest BCUT2D eigenvalue weighted by atomic mass is 32.2. The molecule has 2 amide bonds. The predicted octanol–water partition coefficient (Wildman–Crippen LogP) is 7.50. The van der Waals surface area contributed by atoms with E-state index in [4.69, 9.17) is 4.74 Å². The lowest BCUT2D eigenvalue weighted by Gasteiger charge is -2.33. The molecule has 12 heteroatoms. The summed E-state index contributed by atoms with van der Waals surface area (Å²) in [5.74, 6) is -1.17. The van der Waals surface area contributed by atoms with Gasteiger partial charge >= 0.3 is 6.18 Å². The molecule has 252 valence electrons. The van der Waals surface area contributed by atoms with Crippen LogP contribution in [-0.4, -0.2) is 43.8 Å². The highest BCUT2D eigenvalue weighted by Crippen LogP contribution is 2.32. The molecule has 1 aliphatic heterocycles. The number of halogens is 4. The minimum atomic E-state index is -4.64. The normalized spacial score (nSPS) is 15.6. The summed E-state index contributed by atoms with van der Waals surface area (Å²) in [5.41, 5.74) is 0.821. The number of carbonyl (C=O) groups is 2.